The van der Waals surface area contributed by atoms with Crippen molar-refractivity contribution >= 4 is 11.9 Å². The van der Waals surface area contributed by atoms with E-state index in [-0.39, 0.29) is 23.6 Å². The van der Waals surface area contributed by atoms with E-state index in [2.05, 4.69) is 18.8 Å². The van der Waals surface area contributed by atoms with Crippen LogP contribution < -0.4 is 0 Å². The van der Waals surface area contributed by atoms with Crippen LogP contribution in [0.15, 0.2) is 47.6 Å². The number of carbonyl (C=O) groups excluding carboxylic acids is 1. The lowest BCUT2D eigenvalue weighted by atomic mass is 9.90. The normalized spacial score (nSPS) is 17.2. The number of hydrogen-bond donors (Lipinski definition) is 1. The Hall–Kier alpha value is -2.80. The monoisotopic (exact) mass is 352 g/mol. The van der Waals surface area contributed by atoms with Crippen LogP contribution in [0.2, 0.25) is 0 Å². The summed E-state index contributed by atoms with van der Waals surface area (Å²) in [6.45, 7) is 5.73. The minimum atomic E-state index is -0.953. The average Bonchev–Trinajstić information content (AvgIpc) is 2.60. The van der Waals surface area contributed by atoms with Gasteiger partial charge in [-0.1, -0.05) is 31.3 Å². The van der Waals surface area contributed by atoms with Crippen molar-refractivity contribution in [2.75, 3.05) is 0 Å². The molecule has 4 heteroatoms. The lowest BCUT2D eigenvalue weighted by Gasteiger charge is -2.26. The lowest BCUT2D eigenvalue weighted by molar-refractivity contribution is -0.151. The Bertz CT molecular complexity index is 786. The topological polar surface area (TPSA) is 63.6 Å². The average molecular weight is 352 g/mol. The molecule has 2 rings (SSSR count). The van der Waals surface area contributed by atoms with Gasteiger partial charge in [0.25, 0.3) is 0 Å². The Balaban J connectivity index is 2.09. The van der Waals surface area contributed by atoms with Crippen molar-refractivity contribution in [2.45, 2.75) is 46.1 Å². The molecule has 1 unspecified atom stereocenters. The molecule has 0 radical (unpaired) electrons. The number of ether oxygens (including phenoxy) is 1. The standard InChI is InChI=1S/C22H24O4/c1-15(2)22(25)26-20-10-6-7-16(3)19(20)9-5-4-8-17-11-13-18(14-12-17)21(23)24/h5,9,11-15,20H,6-7,10H2,1-3H3,(H,23,24)/b9-5+. The van der Waals surface area contributed by atoms with Crippen LogP contribution in [0, 0.1) is 17.8 Å². The predicted molar refractivity (Wildman–Crippen MR) is 101 cm³/mol. The van der Waals surface area contributed by atoms with Gasteiger partial charge in [0.05, 0.1) is 11.5 Å². The molecular weight excluding hydrogens is 328 g/mol. The van der Waals surface area contributed by atoms with Crippen LogP contribution in [-0.4, -0.2) is 23.1 Å². The maximum atomic E-state index is 11.9. The number of carboxylic acids is 1. The molecule has 0 saturated heterocycles. The van der Waals surface area contributed by atoms with Crippen LogP contribution in [-0.2, 0) is 9.53 Å². The number of carbonyl (C=O) groups is 2. The summed E-state index contributed by atoms with van der Waals surface area (Å²) in [5, 5.41) is 8.89. The third-order valence-electron chi connectivity index (χ3n) is 4.28. The summed E-state index contributed by atoms with van der Waals surface area (Å²) in [6.07, 6.45) is 6.32. The molecule has 1 aromatic rings. The van der Waals surface area contributed by atoms with Crippen LogP contribution in [0.5, 0.6) is 0 Å². The van der Waals surface area contributed by atoms with Crippen molar-refractivity contribution in [2.24, 2.45) is 5.92 Å². The van der Waals surface area contributed by atoms with Crippen molar-refractivity contribution < 1.29 is 19.4 Å². The number of carboxylic acid groups (broad SMARTS) is 1. The van der Waals surface area contributed by atoms with Crippen LogP contribution in [0.1, 0.15) is 56.0 Å². The second kappa shape index (κ2) is 9.05. The summed E-state index contributed by atoms with van der Waals surface area (Å²) in [5.74, 6) is 4.67. The summed E-state index contributed by atoms with van der Waals surface area (Å²) >= 11 is 0. The SMILES string of the molecule is CC1=C(/C=C/C#Cc2ccc(C(=O)O)cc2)C(OC(=O)C(C)C)CCC1. The zero-order valence-corrected chi connectivity index (χ0v) is 15.4. The molecule has 0 amide bonds. The van der Waals surface area contributed by atoms with Crippen molar-refractivity contribution in [3.63, 3.8) is 0 Å². The Labute approximate surface area is 154 Å². The summed E-state index contributed by atoms with van der Waals surface area (Å²) in [5.41, 5.74) is 3.24. The van der Waals surface area contributed by atoms with E-state index >= 15 is 0 Å². The maximum Gasteiger partial charge on any atom is 0.335 e. The first kappa shape index (κ1) is 19.5. The third-order valence-corrected chi connectivity index (χ3v) is 4.28. The summed E-state index contributed by atoms with van der Waals surface area (Å²) in [6, 6.07) is 6.43. The van der Waals surface area contributed by atoms with Gasteiger partial charge in [-0.3, -0.25) is 4.79 Å². The Morgan fingerprint density at radius 3 is 2.58 bits per heavy atom. The maximum absolute atomic E-state index is 11.9. The number of rotatable bonds is 4. The molecule has 1 aromatic carbocycles. The van der Waals surface area contributed by atoms with Crippen LogP contribution in [0.3, 0.4) is 0 Å². The van der Waals surface area contributed by atoms with E-state index in [0.717, 1.165) is 30.4 Å². The fraction of sp³-hybridized carbons (Fsp3) is 0.364. The molecule has 1 aliphatic rings. The van der Waals surface area contributed by atoms with Gasteiger partial charge in [0.2, 0.25) is 0 Å². The number of benzene rings is 1. The molecule has 0 bridgehead atoms. The molecule has 4 nitrogen and oxygen atoms in total. The lowest BCUT2D eigenvalue weighted by Crippen LogP contribution is -2.25. The Kier molecular flexibility index (Phi) is 6.80. The van der Waals surface area contributed by atoms with E-state index < -0.39 is 5.97 Å². The largest absolute Gasteiger partial charge is 0.478 e. The molecule has 0 heterocycles. The van der Waals surface area contributed by atoms with Gasteiger partial charge in [-0.25, -0.2) is 4.79 Å². The number of hydrogen-bond acceptors (Lipinski definition) is 3. The first-order chi connectivity index (χ1) is 12.4. The Morgan fingerprint density at radius 1 is 1.27 bits per heavy atom. The second-order valence-corrected chi connectivity index (χ2v) is 6.69. The van der Waals surface area contributed by atoms with Gasteiger partial charge < -0.3 is 9.84 Å². The fourth-order valence-corrected chi connectivity index (χ4v) is 2.73. The van der Waals surface area contributed by atoms with E-state index in [9.17, 15) is 9.59 Å². The first-order valence-corrected chi connectivity index (χ1v) is 8.80. The van der Waals surface area contributed by atoms with Gasteiger partial charge in [-0.05, 0) is 68.2 Å². The van der Waals surface area contributed by atoms with E-state index in [1.807, 2.05) is 19.9 Å². The molecule has 136 valence electrons. The van der Waals surface area contributed by atoms with Gasteiger partial charge in [-0.15, -0.1) is 0 Å². The highest BCUT2D eigenvalue weighted by atomic mass is 16.5. The number of aromatic carboxylic acids is 1. The zero-order valence-electron chi connectivity index (χ0n) is 15.4. The highest BCUT2D eigenvalue weighted by Gasteiger charge is 2.24. The van der Waals surface area contributed by atoms with E-state index in [0.29, 0.717) is 0 Å². The molecule has 0 spiro atoms. The molecule has 1 N–H and O–H groups in total. The highest BCUT2D eigenvalue weighted by Crippen LogP contribution is 2.28. The molecule has 0 aromatic heterocycles. The molecule has 0 fully saturated rings. The van der Waals surface area contributed by atoms with E-state index in [4.69, 9.17) is 9.84 Å². The third kappa shape index (κ3) is 5.35. The highest BCUT2D eigenvalue weighted by molar-refractivity contribution is 5.87. The predicted octanol–water partition coefficient (Wildman–Crippen LogP) is 4.36. The van der Waals surface area contributed by atoms with Crippen molar-refractivity contribution in [1.29, 1.82) is 0 Å². The van der Waals surface area contributed by atoms with Crippen molar-refractivity contribution in [3.8, 4) is 11.8 Å². The van der Waals surface area contributed by atoms with Gasteiger partial charge >= 0.3 is 11.9 Å². The van der Waals surface area contributed by atoms with E-state index in [1.54, 1.807) is 18.2 Å². The van der Waals surface area contributed by atoms with Gasteiger partial charge in [0, 0.05) is 5.56 Å². The molecule has 26 heavy (non-hydrogen) atoms. The Morgan fingerprint density at radius 2 is 1.96 bits per heavy atom. The summed E-state index contributed by atoms with van der Waals surface area (Å²) < 4.78 is 5.63. The van der Waals surface area contributed by atoms with Crippen LogP contribution in [0.25, 0.3) is 0 Å². The summed E-state index contributed by atoms with van der Waals surface area (Å²) in [7, 11) is 0. The molecule has 0 aliphatic heterocycles. The minimum absolute atomic E-state index is 0.143. The molecule has 1 aliphatic carbocycles. The van der Waals surface area contributed by atoms with Gasteiger partial charge in [-0.2, -0.15) is 0 Å². The minimum Gasteiger partial charge on any atom is -0.478 e. The zero-order chi connectivity index (χ0) is 19.1. The summed E-state index contributed by atoms with van der Waals surface area (Å²) in [4.78, 5) is 22.8. The second-order valence-electron chi connectivity index (χ2n) is 6.69. The van der Waals surface area contributed by atoms with Gasteiger partial charge in [0.15, 0.2) is 0 Å². The molecule has 0 saturated carbocycles. The van der Waals surface area contributed by atoms with E-state index in [1.165, 1.54) is 17.7 Å². The molecule has 1 atom stereocenters. The van der Waals surface area contributed by atoms with Crippen LogP contribution in [0.4, 0.5) is 0 Å². The van der Waals surface area contributed by atoms with Crippen molar-refractivity contribution in [3.05, 3.63) is 58.7 Å². The quantitative estimate of drug-likeness (QED) is 0.646. The number of allylic oxidation sites excluding steroid dienone is 2. The first-order valence-electron chi connectivity index (χ1n) is 8.80. The van der Waals surface area contributed by atoms with Crippen LogP contribution >= 0.6 is 0 Å². The fourth-order valence-electron chi connectivity index (χ4n) is 2.73. The number of esters is 1. The smallest absolute Gasteiger partial charge is 0.335 e. The van der Waals surface area contributed by atoms with Gasteiger partial charge in [0.1, 0.15) is 6.10 Å². The van der Waals surface area contributed by atoms with Crippen molar-refractivity contribution in [1.82, 2.24) is 0 Å². The molecular formula is C22H24O4.